The minimum Gasteiger partial charge on any atom is -0.480 e. The van der Waals surface area contributed by atoms with Crippen LogP contribution in [0.1, 0.15) is 38.7 Å². The van der Waals surface area contributed by atoms with E-state index in [0.29, 0.717) is 19.3 Å². The van der Waals surface area contributed by atoms with E-state index in [1.165, 1.54) is 0 Å². The molecule has 1 aliphatic heterocycles. The second-order valence-corrected chi connectivity index (χ2v) is 9.74. The fourth-order valence-corrected chi connectivity index (χ4v) is 6.17. The molecule has 3 atom stereocenters. The summed E-state index contributed by atoms with van der Waals surface area (Å²) in [6, 6.07) is 7.23. The first-order chi connectivity index (χ1) is 12.5. The van der Waals surface area contributed by atoms with E-state index in [-0.39, 0.29) is 17.1 Å². The first kappa shape index (κ1) is 19.8. The average molecular weight is 395 g/mol. The van der Waals surface area contributed by atoms with Crippen LogP contribution in [0.3, 0.4) is 0 Å². The molecule has 148 valence electrons. The Morgan fingerprint density at radius 3 is 2.41 bits per heavy atom. The van der Waals surface area contributed by atoms with Crippen molar-refractivity contribution in [2.45, 2.75) is 45.6 Å². The molecule has 0 aromatic heterocycles. The highest BCUT2D eigenvalue weighted by molar-refractivity contribution is 7.85. The van der Waals surface area contributed by atoms with Crippen molar-refractivity contribution in [1.29, 1.82) is 0 Å². The van der Waals surface area contributed by atoms with Gasteiger partial charge in [-0.3, -0.25) is 9.35 Å². The first-order valence-corrected chi connectivity index (χ1v) is 10.6. The number of hydrogen-bond acceptors (Lipinski definition) is 5. The number of para-hydroxylation sites is 1. The Labute approximate surface area is 158 Å². The standard InChI is InChI=1S/C10H16O4S.C9H9NO2/c1-9(2)7-3-4-10(9,8(11)5-7)6-15(12,13)14;11-9(12)8-5-6-3-1-2-4-7(6)10-8/h7H,3-6H2,1-2H3,(H,12,13,14);1-4,8,10H,5H2,(H,11,12)/t7?,10-;8-/m01/s1. The number of carbonyl (C=O) groups is 2. The van der Waals surface area contributed by atoms with E-state index in [0.717, 1.165) is 17.7 Å². The number of carbonyl (C=O) groups excluding carboxylic acids is 1. The Morgan fingerprint density at radius 1 is 1.26 bits per heavy atom. The number of nitrogens with one attached hydrogen (secondary N) is 1. The van der Waals surface area contributed by atoms with Crippen molar-refractivity contribution in [3.8, 4) is 0 Å². The van der Waals surface area contributed by atoms with Gasteiger partial charge in [-0.25, -0.2) is 4.79 Å². The van der Waals surface area contributed by atoms with Crippen molar-refractivity contribution < 1.29 is 27.7 Å². The van der Waals surface area contributed by atoms with Gasteiger partial charge in [-0.1, -0.05) is 32.0 Å². The van der Waals surface area contributed by atoms with Crippen LogP contribution in [0.25, 0.3) is 0 Å². The summed E-state index contributed by atoms with van der Waals surface area (Å²) in [5.74, 6) is -0.887. The molecule has 1 heterocycles. The number of carboxylic acids is 1. The zero-order valence-electron chi connectivity index (χ0n) is 15.4. The summed E-state index contributed by atoms with van der Waals surface area (Å²) < 4.78 is 31.0. The fourth-order valence-electron chi connectivity index (χ4n) is 4.87. The van der Waals surface area contributed by atoms with E-state index in [1.54, 1.807) is 0 Å². The van der Waals surface area contributed by atoms with Crippen LogP contribution in [0.2, 0.25) is 0 Å². The number of aliphatic carboxylic acids is 1. The number of rotatable bonds is 3. The summed E-state index contributed by atoms with van der Waals surface area (Å²) in [4.78, 5) is 22.5. The van der Waals surface area contributed by atoms with Gasteiger partial charge >= 0.3 is 5.97 Å². The third kappa shape index (κ3) is 3.48. The quantitative estimate of drug-likeness (QED) is 0.672. The van der Waals surface area contributed by atoms with Crippen LogP contribution < -0.4 is 5.32 Å². The maximum Gasteiger partial charge on any atom is 0.326 e. The van der Waals surface area contributed by atoms with Crippen LogP contribution >= 0.6 is 0 Å². The van der Waals surface area contributed by atoms with Gasteiger partial charge in [0.05, 0.1) is 11.2 Å². The molecule has 3 aliphatic rings. The number of ketones is 1. The van der Waals surface area contributed by atoms with Gasteiger partial charge in [-0.15, -0.1) is 0 Å². The van der Waals surface area contributed by atoms with Gasteiger partial charge in [-0.2, -0.15) is 8.42 Å². The number of fused-ring (bicyclic) bond motifs is 3. The molecule has 2 fully saturated rings. The van der Waals surface area contributed by atoms with Crippen molar-refractivity contribution in [2.75, 3.05) is 11.1 Å². The molecule has 0 amide bonds. The third-order valence-electron chi connectivity index (χ3n) is 6.64. The number of hydrogen-bond donors (Lipinski definition) is 3. The molecule has 0 saturated heterocycles. The minimum atomic E-state index is -4.08. The third-order valence-corrected chi connectivity index (χ3v) is 7.49. The molecule has 8 heteroatoms. The molecule has 3 N–H and O–H groups in total. The molecule has 1 unspecified atom stereocenters. The maximum absolute atomic E-state index is 11.9. The molecule has 0 radical (unpaired) electrons. The Bertz CT molecular complexity index is 853. The van der Waals surface area contributed by atoms with Crippen molar-refractivity contribution in [3.05, 3.63) is 29.8 Å². The van der Waals surface area contributed by atoms with Crippen molar-refractivity contribution in [3.63, 3.8) is 0 Å². The summed E-state index contributed by atoms with van der Waals surface area (Å²) in [5.41, 5.74) is 0.917. The Morgan fingerprint density at radius 2 is 1.93 bits per heavy atom. The SMILES string of the molecule is CC1(C)C2CC[C@]1(CS(=O)(=O)O)C(=O)C2.O=C(O)[C@H]1Cc2ccccc2N1. The van der Waals surface area contributed by atoms with Gasteiger partial charge in [-0.05, 0) is 35.8 Å². The van der Waals surface area contributed by atoms with Gasteiger partial charge in [0.1, 0.15) is 11.8 Å². The van der Waals surface area contributed by atoms with Crippen molar-refractivity contribution in [2.24, 2.45) is 16.7 Å². The van der Waals surface area contributed by atoms with Crippen molar-refractivity contribution in [1.82, 2.24) is 0 Å². The molecule has 4 rings (SSSR count). The minimum absolute atomic E-state index is 0.0152. The number of carboxylic acid groups (broad SMARTS) is 1. The average Bonchev–Trinajstić information content (AvgIpc) is 3.14. The Kier molecular flexibility index (Phi) is 4.84. The predicted octanol–water partition coefficient (Wildman–Crippen LogP) is 2.38. The van der Waals surface area contributed by atoms with Gasteiger partial charge in [0.2, 0.25) is 0 Å². The summed E-state index contributed by atoms with van der Waals surface area (Å²) in [6.07, 6.45) is 2.56. The van der Waals surface area contributed by atoms with Gasteiger partial charge in [0.25, 0.3) is 10.1 Å². The highest BCUT2D eigenvalue weighted by atomic mass is 32.2. The lowest BCUT2D eigenvalue weighted by Gasteiger charge is -2.35. The first-order valence-electron chi connectivity index (χ1n) is 9.02. The topological polar surface area (TPSA) is 121 Å². The van der Waals surface area contributed by atoms with E-state index in [4.69, 9.17) is 9.66 Å². The number of anilines is 1. The summed E-state index contributed by atoms with van der Waals surface area (Å²) in [7, 11) is -4.08. The molecule has 2 bridgehead atoms. The van der Waals surface area contributed by atoms with E-state index in [9.17, 15) is 18.0 Å². The van der Waals surface area contributed by atoms with Crippen LogP contribution in [-0.2, 0) is 26.1 Å². The van der Waals surface area contributed by atoms with E-state index >= 15 is 0 Å². The van der Waals surface area contributed by atoms with Gasteiger partial charge in [0, 0.05) is 18.5 Å². The smallest absolute Gasteiger partial charge is 0.326 e. The fraction of sp³-hybridized carbons (Fsp3) is 0.579. The summed E-state index contributed by atoms with van der Waals surface area (Å²) in [5, 5.41) is 11.7. The summed E-state index contributed by atoms with van der Waals surface area (Å²) >= 11 is 0. The van der Waals surface area contributed by atoms with E-state index < -0.39 is 33.3 Å². The lowest BCUT2D eigenvalue weighted by molar-refractivity contribution is -0.137. The van der Waals surface area contributed by atoms with Crippen molar-refractivity contribution >= 4 is 27.6 Å². The molecule has 2 saturated carbocycles. The zero-order valence-corrected chi connectivity index (χ0v) is 16.3. The van der Waals surface area contributed by atoms with E-state index in [1.807, 2.05) is 38.1 Å². The van der Waals surface area contributed by atoms with Gasteiger partial charge < -0.3 is 10.4 Å². The molecular weight excluding hydrogens is 370 g/mol. The number of benzene rings is 1. The normalized spacial score (nSPS) is 30.3. The largest absolute Gasteiger partial charge is 0.480 e. The molecule has 1 aromatic rings. The monoisotopic (exact) mass is 395 g/mol. The Hall–Kier alpha value is -1.93. The number of Topliss-reactive ketones (excluding diaryl/α,β-unsaturated/α-hetero) is 1. The van der Waals surface area contributed by atoms with Gasteiger partial charge in [0.15, 0.2) is 0 Å². The predicted molar refractivity (Wildman–Crippen MR) is 100 cm³/mol. The van der Waals surface area contributed by atoms with Crippen LogP contribution in [0.15, 0.2) is 24.3 Å². The van der Waals surface area contributed by atoms with Crippen LogP contribution in [0, 0.1) is 16.7 Å². The van der Waals surface area contributed by atoms with Crippen LogP contribution in [-0.4, -0.2) is 41.6 Å². The van der Waals surface area contributed by atoms with Crippen LogP contribution in [0.5, 0.6) is 0 Å². The summed E-state index contributed by atoms with van der Waals surface area (Å²) in [6.45, 7) is 3.89. The highest BCUT2D eigenvalue weighted by Gasteiger charge is 2.65. The second kappa shape index (κ2) is 6.60. The molecular formula is C19H25NO6S. The lowest BCUT2D eigenvalue weighted by Crippen LogP contribution is -2.42. The molecule has 7 nitrogen and oxygen atoms in total. The lowest BCUT2D eigenvalue weighted by atomic mass is 9.70. The molecule has 1 aromatic carbocycles. The van der Waals surface area contributed by atoms with Crippen LogP contribution in [0.4, 0.5) is 5.69 Å². The highest BCUT2D eigenvalue weighted by Crippen LogP contribution is 2.64. The zero-order chi connectivity index (χ0) is 20.0. The maximum atomic E-state index is 11.9. The second-order valence-electron chi connectivity index (χ2n) is 8.29. The molecule has 2 aliphatic carbocycles. The molecule has 27 heavy (non-hydrogen) atoms. The Balaban J connectivity index is 0.000000159. The molecule has 0 spiro atoms. The van der Waals surface area contributed by atoms with E-state index in [2.05, 4.69) is 5.32 Å².